The highest BCUT2D eigenvalue weighted by Gasteiger charge is 2.60. The number of ether oxygens (including phenoxy) is 1. The van der Waals surface area contributed by atoms with Crippen molar-refractivity contribution in [3.8, 4) is 0 Å². The van der Waals surface area contributed by atoms with Gasteiger partial charge in [-0.2, -0.15) is 0 Å². The first kappa shape index (κ1) is 13.8. The smallest absolute Gasteiger partial charge is 0.223 e. The molecule has 18 heavy (non-hydrogen) atoms. The third-order valence-corrected chi connectivity index (χ3v) is 4.97. The molecule has 0 aromatic heterocycles. The number of hydrogen-bond donors (Lipinski definition) is 2. The van der Waals surface area contributed by atoms with E-state index in [1.165, 1.54) is 0 Å². The molecule has 1 aliphatic heterocycles. The highest BCUT2D eigenvalue weighted by Crippen LogP contribution is 2.52. The molecule has 104 valence electrons. The predicted molar refractivity (Wildman–Crippen MR) is 71.0 cm³/mol. The van der Waals surface area contributed by atoms with E-state index in [4.69, 9.17) is 10.5 Å². The molecule has 1 amide bonds. The maximum atomic E-state index is 12.3. The van der Waals surface area contributed by atoms with Crippen molar-refractivity contribution in [2.45, 2.75) is 52.6 Å². The molecular formula is C14H26N2O2. The van der Waals surface area contributed by atoms with Crippen LogP contribution in [0.4, 0.5) is 0 Å². The lowest BCUT2D eigenvalue weighted by molar-refractivity contribution is -0.138. The van der Waals surface area contributed by atoms with Gasteiger partial charge in [0.1, 0.15) is 0 Å². The molecule has 1 aliphatic carbocycles. The molecule has 1 saturated carbocycles. The van der Waals surface area contributed by atoms with E-state index in [1.807, 2.05) is 0 Å². The van der Waals surface area contributed by atoms with Gasteiger partial charge in [0, 0.05) is 42.0 Å². The van der Waals surface area contributed by atoms with E-state index in [1.54, 1.807) is 0 Å². The van der Waals surface area contributed by atoms with Crippen LogP contribution in [0.25, 0.3) is 0 Å². The summed E-state index contributed by atoms with van der Waals surface area (Å²) in [7, 11) is 0. The van der Waals surface area contributed by atoms with Crippen LogP contribution >= 0.6 is 0 Å². The SMILES string of the molecule is CC1(C)C(N)C(C)(C)C1NC(=O)C1CCOCC1. The molecule has 0 aromatic rings. The van der Waals surface area contributed by atoms with Crippen molar-refractivity contribution in [3.05, 3.63) is 0 Å². The maximum absolute atomic E-state index is 12.3. The summed E-state index contributed by atoms with van der Waals surface area (Å²) in [6.07, 6.45) is 1.68. The van der Waals surface area contributed by atoms with Gasteiger partial charge in [0.25, 0.3) is 0 Å². The number of nitrogens with two attached hydrogens (primary N) is 1. The van der Waals surface area contributed by atoms with Crippen LogP contribution < -0.4 is 11.1 Å². The molecule has 0 spiro atoms. The van der Waals surface area contributed by atoms with Crippen molar-refractivity contribution < 1.29 is 9.53 Å². The van der Waals surface area contributed by atoms with Crippen molar-refractivity contribution in [1.82, 2.24) is 5.32 Å². The Hall–Kier alpha value is -0.610. The molecule has 4 nitrogen and oxygen atoms in total. The summed E-state index contributed by atoms with van der Waals surface area (Å²) in [6.45, 7) is 9.95. The fourth-order valence-electron chi connectivity index (χ4n) is 3.77. The first-order chi connectivity index (χ1) is 8.28. The topological polar surface area (TPSA) is 64.3 Å². The number of carbonyl (C=O) groups excluding carboxylic acids is 1. The Balaban J connectivity index is 1.98. The van der Waals surface area contributed by atoms with E-state index in [0.717, 1.165) is 12.8 Å². The number of carbonyl (C=O) groups is 1. The molecule has 0 aromatic carbocycles. The zero-order chi connectivity index (χ0) is 13.6. The van der Waals surface area contributed by atoms with Gasteiger partial charge >= 0.3 is 0 Å². The highest BCUT2D eigenvalue weighted by molar-refractivity contribution is 5.79. The lowest BCUT2D eigenvalue weighted by Crippen LogP contribution is -2.76. The minimum Gasteiger partial charge on any atom is -0.381 e. The van der Waals surface area contributed by atoms with E-state index in [2.05, 4.69) is 33.0 Å². The molecule has 2 fully saturated rings. The Kier molecular flexibility index (Phi) is 3.45. The standard InChI is InChI=1S/C14H26N2O2/c1-13(2)11(15)14(3,4)12(13)16-10(17)9-5-7-18-8-6-9/h9,11-12H,5-8,15H2,1-4H3,(H,16,17). The van der Waals surface area contributed by atoms with Gasteiger partial charge in [-0.25, -0.2) is 0 Å². The van der Waals surface area contributed by atoms with Crippen LogP contribution in [0.15, 0.2) is 0 Å². The van der Waals surface area contributed by atoms with Crippen molar-refractivity contribution in [3.63, 3.8) is 0 Å². The molecule has 2 rings (SSSR count). The fourth-order valence-corrected chi connectivity index (χ4v) is 3.77. The molecule has 1 heterocycles. The van der Waals surface area contributed by atoms with Gasteiger partial charge in [0.05, 0.1) is 0 Å². The average molecular weight is 254 g/mol. The summed E-state index contributed by atoms with van der Waals surface area (Å²) in [5, 5.41) is 3.22. The molecular weight excluding hydrogens is 228 g/mol. The third-order valence-electron chi connectivity index (χ3n) is 4.97. The van der Waals surface area contributed by atoms with E-state index in [9.17, 15) is 4.79 Å². The monoisotopic (exact) mass is 254 g/mol. The summed E-state index contributed by atoms with van der Waals surface area (Å²) in [5.74, 6) is 0.290. The van der Waals surface area contributed by atoms with Crippen LogP contribution in [-0.2, 0) is 9.53 Å². The van der Waals surface area contributed by atoms with Gasteiger partial charge in [-0.3, -0.25) is 4.79 Å². The van der Waals surface area contributed by atoms with Gasteiger partial charge in [0.15, 0.2) is 0 Å². The molecule has 0 radical (unpaired) electrons. The first-order valence-electron chi connectivity index (χ1n) is 6.91. The molecule has 3 N–H and O–H groups in total. The first-order valence-corrected chi connectivity index (χ1v) is 6.91. The largest absolute Gasteiger partial charge is 0.381 e. The lowest BCUT2D eigenvalue weighted by atomic mass is 9.48. The fraction of sp³-hybridized carbons (Fsp3) is 0.929. The Bertz CT molecular complexity index is 317. The lowest BCUT2D eigenvalue weighted by Gasteiger charge is -2.63. The van der Waals surface area contributed by atoms with E-state index in [0.29, 0.717) is 13.2 Å². The predicted octanol–water partition coefficient (Wildman–Crippen LogP) is 1.29. The molecule has 0 bridgehead atoms. The van der Waals surface area contributed by atoms with Crippen LogP contribution in [-0.4, -0.2) is 31.2 Å². The summed E-state index contributed by atoms with van der Waals surface area (Å²) in [6, 6.07) is 0.292. The average Bonchev–Trinajstić information content (AvgIpc) is 2.35. The Morgan fingerprint density at radius 3 is 2.17 bits per heavy atom. The summed E-state index contributed by atoms with van der Waals surface area (Å²) < 4.78 is 5.29. The van der Waals surface area contributed by atoms with Crippen LogP contribution in [0.2, 0.25) is 0 Å². The zero-order valence-corrected chi connectivity index (χ0v) is 12.0. The summed E-state index contributed by atoms with van der Waals surface area (Å²) in [5.41, 5.74) is 6.16. The minimum absolute atomic E-state index is 0.0235. The maximum Gasteiger partial charge on any atom is 0.223 e. The summed E-state index contributed by atoms with van der Waals surface area (Å²) in [4.78, 5) is 12.3. The van der Waals surface area contributed by atoms with Crippen molar-refractivity contribution in [2.24, 2.45) is 22.5 Å². The van der Waals surface area contributed by atoms with E-state index >= 15 is 0 Å². The van der Waals surface area contributed by atoms with Crippen molar-refractivity contribution >= 4 is 5.91 Å². The second-order valence-electron chi connectivity index (χ2n) is 6.95. The number of hydrogen-bond acceptors (Lipinski definition) is 3. The highest BCUT2D eigenvalue weighted by atomic mass is 16.5. The van der Waals surface area contributed by atoms with Crippen LogP contribution in [0, 0.1) is 16.7 Å². The van der Waals surface area contributed by atoms with Crippen molar-refractivity contribution in [2.75, 3.05) is 13.2 Å². The number of amides is 1. The Morgan fingerprint density at radius 2 is 1.67 bits per heavy atom. The second-order valence-corrected chi connectivity index (χ2v) is 6.95. The number of nitrogens with one attached hydrogen (secondary N) is 1. The van der Waals surface area contributed by atoms with Gasteiger partial charge in [-0.05, 0) is 12.8 Å². The Morgan fingerprint density at radius 1 is 1.17 bits per heavy atom. The summed E-state index contributed by atoms with van der Waals surface area (Å²) >= 11 is 0. The van der Waals surface area contributed by atoms with Crippen molar-refractivity contribution in [1.29, 1.82) is 0 Å². The van der Waals surface area contributed by atoms with Crippen LogP contribution in [0.3, 0.4) is 0 Å². The third kappa shape index (κ3) is 2.05. The molecule has 0 unspecified atom stereocenters. The quantitative estimate of drug-likeness (QED) is 0.780. The molecule has 1 saturated heterocycles. The molecule has 2 aliphatic rings. The van der Waals surface area contributed by atoms with Gasteiger partial charge in [-0.1, -0.05) is 27.7 Å². The number of rotatable bonds is 2. The molecule has 4 heteroatoms. The van der Waals surface area contributed by atoms with E-state index in [-0.39, 0.29) is 34.7 Å². The molecule has 0 atom stereocenters. The van der Waals surface area contributed by atoms with Gasteiger partial charge in [-0.15, -0.1) is 0 Å². The minimum atomic E-state index is -0.0235. The second kappa shape index (κ2) is 4.49. The van der Waals surface area contributed by atoms with Crippen LogP contribution in [0.1, 0.15) is 40.5 Å². The normalized spacial score (nSPS) is 34.7. The van der Waals surface area contributed by atoms with Gasteiger partial charge in [0.2, 0.25) is 5.91 Å². The van der Waals surface area contributed by atoms with E-state index < -0.39 is 0 Å². The van der Waals surface area contributed by atoms with Crippen LogP contribution in [0.5, 0.6) is 0 Å². The Labute approximate surface area is 110 Å². The van der Waals surface area contributed by atoms with Gasteiger partial charge < -0.3 is 15.8 Å². The zero-order valence-electron chi connectivity index (χ0n) is 12.0.